The van der Waals surface area contributed by atoms with Gasteiger partial charge in [-0.3, -0.25) is 4.79 Å². The summed E-state index contributed by atoms with van der Waals surface area (Å²) in [5.41, 5.74) is 7.67. The Morgan fingerprint density at radius 3 is 1.44 bits per heavy atom. The van der Waals surface area contributed by atoms with Crippen molar-refractivity contribution in [1.82, 2.24) is 0 Å². The van der Waals surface area contributed by atoms with Gasteiger partial charge in [-0.1, -0.05) is 107 Å². The van der Waals surface area contributed by atoms with Crippen LogP contribution in [0.2, 0.25) is 0 Å². The van der Waals surface area contributed by atoms with Gasteiger partial charge in [0, 0.05) is 21.2 Å². The maximum atomic E-state index is 13.3. The maximum Gasteiger partial charge on any atom is 0.255 e. The Balaban J connectivity index is 1.73. The van der Waals surface area contributed by atoms with Crippen LogP contribution in [0.25, 0.3) is 33.4 Å². The van der Waals surface area contributed by atoms with E-state index in [0.29, 0.717) is 5.56 Å². The van der Waals surface area contributed by atoms with E-state index in [-0.39, 0.29) is 5.91 Å². The molecule has 0 unspecified atom stereocenters. The molecule has 5 aromatic carbocycles. The van der Waals surface area contributed by atoms with Crippen LogP contribution in [0.1, 0.15) is 10.4 Å². The van der Waals surface area contributed by atoms with Crippen LogP contribution in [0.3, 0.4) is 0 Å². The molecule has 0 saturated heterocycles. The largest absolute Gasteiger partial charge is 0.321 e. The van der Waals surface area contributed by atoms with Gasteiger partial charge in [-0.2, -0.15) is 0 Å². The highest BCUT2D eigenvalue weighted by molar-refractivity contribution is 9.10. The summed E-state index contributed by atoms with van der Waals surface area (Å²) in [6, 6.07) is 42.5. The Morgan fingerprint density at radius 2 is 0.971 bits per heavy atom. The number of rotatable bonds is 5. The van der Waals surface area contributed by atoms with Crippen molar-refractivity contribution in [3.63, 3.8) is 0 Å². The van der Waals surface area contributed by atoms with E-state index in [2.05, 4.69) is 69.8 Å². The number of hydrogen-bond donors (Lipinski definition) is 1. The summed E-state index contributed by atoms with van der Waals surface area (Å²) < 4.78 is 0.936. The predicted molar refractivity (Wildman–Crippen MR) is 145 cm³/mol. The number of amides is 1. The first kappa shape index (κ1) is 21.9. The van der Waals surface area contributed by atoms with E-state index < -0.39 is 0 Å². The highest BCUT2D eigenvalue weighted by atomic mass is 79.9. The molecule has 0 aliphatic rings. The SMILES string of the molecule is O=C(Nc1c(-c2ccccc2)cc(-c2ccccc2)cc1-c1ccccc1)c1ccc(Br)cc1. The molecule has 0 saturated carbocycles. The number of carbonyl (C=O) groups is 1. The molecule has 164 valence electrons. The third kappa shape index (κ3) is 4.70. The van der Waals surface area contributed by atoms with Gasteiger partial charge >= 0.3 is 0 Å². The second-order valence-electron chi connectivity index (χ2n) is 8.01. The van der Waals surface area contributed by atoms with Crippen LogP contribution in [0.15, 0.2) is 132 Å². The molecular weight excluding hydrogens is 482 g/mol. The van der Waals surface area contributed by atoms with E-state index in [1.54, 1.807) is 0 Å². The van der Waals surface area contributed by atoms with Crippen LogP contribution in [-0.2, 0) is 0 Å². The molecule has 2 nitrogen and oxygen atoms in total. The fourth-order valence-electron chi connectivity index (χ4n) is 4.05. The minimum atomic E-state index is -0.144. The third-order valence-corrected chi connectivity index (χ3v) is 6.29. The highest BCUT2D eigenvalue weighted by Gasteiger charge is 2.18. The first-order chi connectivity index (χ1) is 16.7. The Labute approximate surface area is 208 Å². The zero-order valence-electron chi connectivity index (χ0n) is 18.4. The standard InChI is InChI=1S/C31H22BrNO/c32-27-18-16-25(17-19-27)31(34)33-30-28(23-12-6-2-7-13-23)20-26(22-10-4-1-5-11-22)21-29(30)24-14-8-3-9-15-24/h1-21H,(H,33,34). The van der Waals surface area contributed by atoms with Crippen molar-refractivity contribution in [1.29, 1.82) is 0 Å². The van der Waals surface area contributed by atoms with Crippen molar-refractivity contribution in [2.24, 2.45) is 0 Å². The molecular formula is C31H22BrNO. The van der Waals surface area contributed by atoms with E-state index in [1.165, 1.54) is 0 Å². The van der Waals surface area contributed by atoms with Crippen LogP contribution < -0.4 is 5.32 Å². The number of hydrogen-bond acceptors (Lipinski definition) is 1. The summed E-state index contributed by atoms with van der Waals surface area (Å²) in [5, 5.41) is 3.24. The molecule has 3 heteroatoms. The second-order valence-corrected chi connectivity index (χ2v) is 8.92. The highest BCUT2D eigenvalue weighted by Crippen LogP contribution is 2.41. The smallest absolute Gasteiger partial charge is 0.255 e. The van der Waals surface area contributed by atoms with Crippen molar-refractivity contribution in [3.05, 3.63) is 137 Å². The number of halogens is 1. The fourth-order valence-corrected chi connectivity index (χ4v) is 4.32. The summed E-state index contributed by atoms with van der Waals surface area (Å²) in [7, 11) is 0. The number of benzene rings is 5. The Bertz CT molecular complexity index is 1350. The first-order valence-electron chi connectivity index (χ1n) is 11.1. The zero-order valence-corrected chi connectivity index (χ0v) is 20.0. The van der Waals surface area contributed by atoms with Crippen molar-refractivity contribution in [3.8, 4) is 33.4 Å². The van der Waals surface area contributed by atoms with E-state index in [9.17, 15) is 4.79 Å². The molecule has 5 rings (SSSR count). The molecule has 0 atom stereocenters. The molecule has 0 bridgehead atoms. The van der Waals surface area contributed by atoms with E-state index >= 15 is 0 Å². The van der Waals surface area contributed by atoms with Gasteiger partial charge < -0.3 is 5.32 Å². The Morgan fingerprint density at radius 1 is 0.529 bits per heavy atom. The minimum Gasteiger partial charge on any atom is -0.321 e. The molecule has 0 heterocycles. The lowest BCUT2D eigenvalue weighted by Crippen LogP contribution is -2.13. The van der Waals surface area contributed by atoms with Crippen molar-refractivity contribution >= 4 is 27.5 Å². The molecule has 0 spiro atoms. The lowest BCUT2D eigenvalue weighted by Gasteiger charge is -2.19. The minimum absolute atomic E-state index is 0.144. The first-order valence-corrected chi connectivity index (χ1v) is 11.9. The topological polar surface area (TPSA) is 29.1 Å². The lowest BCUT2D eigenvalue weighted by molar-refractivity contribution is 0.102. The molecule has 1 N–H and O–H groups in total. The Kier molecular flexibility index (Phi) is 6.37. The van der Waals surface area contributed by atoms with Gasteiger partial charge in [0.25, 0.3) is 5.91 Å². The van der Waals surface area contributed by atoms with Crippen LogP contribution in [-0.4, -0.2) is 5.91 Å². The number of anilines is 1. The van der Waals surface area contributed by atoms with E-state index in [1.807, 2.05) is 78.9 Å². The van der Waals surface area contributed by atoms with Crippen LogP contribution in [0, 0.1) is 0 Å². The number of carbonyl (C=O) groups excluding carboxylic acids is 1. The second kappa shape index (κ2) is 9.90. The predicted octanol–water partition coefficient (Wildman–Crippen LogP) is 8.70. The van der Waals surface area contributed by atoms with Gasteiger partial charge in [0.1, 0.15) is 0 Å². The Hall–Kier alpha value is -3.95. The van der Waals surface area contributed by atoms with Gasteiger partial charge in [-0.15, -0.1) is 0 Å². The van der Waals surface area contributed by atoms with Gasteiger partial charge in [0.05, 0.1) is 5.69 Å². The van der Waals surface area contributed by atoms with Crippen LogP contribution in [0.5, 0.6) is 0 Å². The molecule has 0 radical (unpaired) electrons. The lowest BCUT2D eigenvalue weighted by atomic mass is 9.91. The maximum absolute atomic E-state index is 13.3. The molecule has 34 heavy (non-hydrogen) atoms. The van der Waals surface area contributed by atoms with Gasteiger partial charge in [0.2, 0.25) is 0 Å². The van der Waals surface area contributed by atoms with E-state index in [0.717, 1.165) is 43.5 Å². The van der Waals surface area contributed by atoms with Gasteiger partial charge in [-0.25, -0.2) is 0 Å². The van der Waals surface area contributed by atoms with Crippen molar-refractivity contribution in [2.75, 3.05) is 5.32 Å². The third-order valence-electron chi connectivity index (χ3n) is 5.76. The summed E-state index contributed by atoms with van der Waals surface area (Å²) >= 11 is 3.44. The monoisotopic (exact) mass is 503 g/mol. The molecule has 5 aromatic rings. The normalized spacial score (nSPS) is 10.6. The van der Waals surface area contributed by atoms with Crippen molar-refractivity contribution < 1.29 is 4.79 Å². The zero-order chi connectivity index (χ0) is 23.3. The molecule has 0 fully saturated rings. The fraction of sp³-hybridized carbons (Fsp3) is 0. The molecule has 0 aliphatic carbocycles. The summed E-state index contributed by atoms with van der Waals surface area (Å²) in [6.45, 7) is 0. The van der Waals surface area contributed by atoms with Gasteiger partial charge in [-0.05, 0) is 58.7 Å². The average Bonchev–Trinajstić information content (AvgIpc) is 2.90. The van der Waals surface area contributed by atoms with E-state index in [4.69, 9.17) is 0 Å². The number of nitrogens with one attached hydrogen (secondary N) is 1. The van der Waals surface area contributed by atoms with Crippen LogP contribution >= 0.6 is 15.9 Å². The molecule has 0 aromatic heterocycles. The summed E-state index contributed by atoms with van der Waals surface area (Å²) in [6.07, 6.45) is 0. The molecule has 1 amide bonds. The quantitative estimate of drug-likeness (QED) is 0.255. The average molecular weight is 504 g/mol. The van der Waals surface area contributed by atoms with Crippen LogP contribution in [0.4, 0.5) is 5.69 Å². The summed E-state index contributed by atoms with van der Waals surface area (Å²) in [4.78, 5) is 13.3. The van der Waals surface area contributed by atoms with Gasteiger partial charge in [0.15, 0.2) is 0 Å². The van der Waals surface area contributed by atoms with Crippen molar-refractivity contribution in [2.45, 2.75) is 0 Å². The molecule has 0 aliphatic heterocycles. The summed E-state index contributed by atoms with van der Waals surface area (Å²) in [5.74, 6) is -0.144.